The highest BCUT2D eigenvalue weighted by atomic mass is 16.6. The number of aryl methyl sites for hydroxylation is 2. The maximum atomic E-state index is 12.9. The number of benzene rings is 2. The number of esters is 1. The summed E-state index contributed by atoms with van der Waals surface area (Å²) < 4.78 is 10.8. The summed E-state index contributed by atoms with van der Waals surface area (Å²) in [5.41, 5.74) is 2.78. The van der Waals surface area contributed by atoms with Gasteiger partial charge >= 0.3 is 5.97 Å². The zero-order valence-electron chi connectivity index (χ0n) is 17.7. The number of imide groups is 1. The molecule has 0 radical (unpaired) electrons. The Kier molecular flexibility index (Phi) is 4.80. The predicted octanol–water partition coefficient (Wildman–Crippen LogP) is 3.82. The average molecular weight is 419 g/mol. The van der Waals surface area contributed by atoms with E-state index in [1.807, 2.05) is 32.0 Å². The molecule has 1 heterocycles. The van der Waals surface area contributed by atoms with Gasteiger partial charge in [-0.2, -0.15) is 0 Å². The molecule has 1 aliphatic heterocycles. The van der Waals surface area contributed by atoms with Crippen molar-refractivity contribution in [3.8, 4) is 11.5 Å². The van der Waals surface area contributed by atoms with E-state index in [4.69, 9.17) is 9.47 Å². The summed E-state index contributed by atoms with van der Waals surface area (Å²) in [6, 6.07) is 12.2. The Labute approximate surface area is 181 Å². The minimum atomic E-state index is -0.523. The Balaban J connectivity index is 1.21. The fourth-order valence-corrected chi connectivity index (χ4v) is 5.43. The second-order valence-electron chi connectivity index (χ2n) is 8.90. The first kappa shape index (κ1) is 19.8. The molecule has 6 heteroatoms. The lowest BCUT2D eigenvalue weighted by atomic mass is 9.81. The van der Waals surface area contributed by atoms with E-state index >= 15 is 0 Å². The summed E-state index contributed by atoms with van der Waals surface area (Å²) in [4.78, 5) is 39.3. The lowest BCUT2D eigenvalue weighted by Gasteiger charge is -2.19. The standard InChI is InChI=1S/C25H25NO5/c1-14-3-8-20(11-15(14)2)30-13-21(27)31-19-9-6-18(7-10-19)26-24(28)22-16-4-5-17(12-16)23(22)25(26)29/h3,6-11,16-17,22-23H,4-5,12-13H2,1-2H3/t16-,17-,22-,23+/m1/s1. The number of amides is 2. The first-order valence-electron chi connectivity index (χ1n) is 10.8. The first-order valence-corrected chi connectivity index (χ1v) is 10.8. The quantitative estimate of drug-likeness (QED) is 0.418. The summed E-state index contributed by atoms with van der Waals surface area (Å²) in [5, 5.41) is 0. The molecule has 2 aromatic carbocycles. The van der Waals surface area contributed by atoms with Crippen molar-refractivity contribution in [2.45, 2.75) is 33.1 Å². The molecule has 31 heavy (non-hydrogen) atoms. The normalized spacial score (nSPS) is 26.3. The molecule has 4 atom stereocenters. The second kappa shape index (κ2) is 7.52. The minimum Gasteiger partial charge on any atom is -0.482 e. The molecular formula is C25H25NO5. The molecule has 3 aliphatic rings. The van der Waals surface area contributed by atoms with Gasteiger partial charge < -0.3 is 9.47 Å². The molecule has 3 fully saturated rings. The van der Waals surface area contributed by atoms with Crippen LogP contribution in [0.25, 0.3) is 0 Å². The maximum absolute atomic E-state index is 12.9. The molecule has 2 saturated carbocycles. The van der Waals surface area contributed by atoms with Crippen LogP contribution in [0.4, 0.5) is 5.69 Å². The first-order chi connectivity index (χ1) is 14.9. The van der Waals surface area contributed by atoms with Gasteiger partial charge in [0, 0.05) is 0 Å². The van der Waals surface area contributed by atoms with Crippen molar-refractivity contribution in [1.82, 2.24) is 0 Å². The van der Waals surface area contributed by atoms with E-state index in [1.54, 1.807) is 24.3 Å². The highest BCUT2D eigenvalue weighted by Gasteiger charge is 2.61. The molecule has 160 valence electrons. The summed E-state index contributed by atoms with van der Waals surface area (Å²) in [6.07, 6.45) is 3.12. The fraction of sp³-hybridized carbons (Fsp3) is 0.400. The highest BCUT2D eigenvalue weighted by Crippen LogP contribution is 2.56. The van der Waals surface area contributed by atoms with Crippen LogP contribution in [-0.4, -0.2) is 24.4 Å². The monoisotopic (exact) mass is 419 g/mol. The van der Waals surface area contributed by atoms with Gasteiger partial charge in [-0.25, -0.2) is 4.79 Å². The van der Waals surface area contributed by atoms with Gasteiger partial charge in [-0.3, -0.25) is 14.5 Å². The summed E-state index contributed by atoms with van der Waals surface area (Å²) >= 11 is 0. The van der Waals surface area contributed by atoms with Crippen LogP contribution in [0.15, 0.2) is 42.5 Å². The van der Waals surface area contributed by atoms with Crippen LogP contribution in [0, 0.1) is 37.5 Å². The molecule has 6 nitrogen and oxygen atoms in total. The smallest absolute Gasteiger partial charge is 0.349 e. The third kappa shape index (κ3) is 3.40. The second-order valence-corrected chi connectivity index (χ2v) is 8.90. The number of hydrogen-bond acceptors (Lipinski definition) is 5. The molecule has 1 saturated heterocycles. The summed E-state index contributed by atoms with van der Waals surface area (Å²) in [7, 11) is 0. The van der Waals surface area contributed by atoms with Crippen molar-refractivity contribution in [2.75, 3.05) is 11.5 Å². The number of carbonyl (C=O) groups excluding carboxylic acids is 3. The Morgan fingerprint density at radius 1 is 0.903 bits per heavy atom. The molecule has 0 aromatic heterocycles. The van der Waals surface area contributed by atoms with Gasteiger partial charge in [-0.1, -0.05) is 6.07 Å². The van der Waals surface area contributed by atoms with E-state index < -0.39 is 5.97 Å². The van der Waals surface area contributed by atoms with Gasteiger partial charge in [0.2, 0.25) is 11.8 Å². The Morgan fingerprint density at radius 3 is 2.13 bits per heavy atom. The van der Waals surface area contributed by atoms with Crippen molar-refractivity contribution in [3.63, 3.8) is 0 Å². The van der Waals surface area contributed by atoms with Crippen LogP contribution < -0.4 is 14.4 Å². The molecule has 0 unspecified atom stereocenters. The lowest BCUT2D eigenvalue weighted by Crippen LogP contribution is -2.32. The zero-order chi connectivity index (χ0) is 21.7. The molecule has 2 amide bonds. The number of anilines is 1. The van der Waals surface area contributed by atoms with Crippen LogP contribution in [0.3, 0.4) is 0 Å². The van der Waals surface area contributed by atoms with Crippen molar-refractivity contribution in [3.05, 3.63) is 53.6 Å². The van der Waals surface area contributed by atoms with Crippen molar-refractivity contribution >= 4 is 23.5 Å². The van der Waals surface area contributed by atoms with Gasteiger partial charge in [0.1, 0.15) is 11.5 Å². The number of carbonyl (C=O) groups is 3. The van der Waals surface area contributed by atoms with E-state index in [9.17, 15) is 14.4 Å². The third-order valence-corrected chi connectivity index (χ3v) is 7.09. The number of nitrogens with zero attached hydrogens (tertiary/aromatic N) is 1. The van der Waals surface area contributed by atoms with Crippen molar-refractivity contribution in [2.24, 2.45) is 23.7 Å². The van der Waals surface area contributed by atoms with Crippen molar-refractivity contribution < 1.29 is 23.9 Å². The SMILES string of the molecule is Cc1ccc(OCC(=O)Oc2ccc(N3C(=O)[C@@H]4[C@@H]5CC[C@H](C5)[C@@H]4C3=O)cc2)cc1C. The lowest BCUT2D eigenvalue weighted by molar-refractivity contribution is -0.136. The van der Waals surface area contributed by atoms with Gasteiger partial charge in [0.05, 0.1) is 17.5 Å². The molecule has 0 spiro atoms. The van der Waals surface area contributed by atoms with Gasteiger partial charge in [-0.05, 0) is 92.5 Å². The predicted molar refractivity (Wildman–Crippen MR) is 114 cm³/mol. The van der Waals surface area contributed by atoms with Crippen LogP contribution in [0.2, 0.25) is 0 Å². The molecule has 2 aromatic rings. The molecule has 2 bridgehead atoms. The Hall–Kier alpha value is -3.15. The van der Waals surface area contributed by atoms with Gasteiger partial charge in [-0.15, -0.1) is 0 Å². The minimum absolute atomic E-state index is 0.0752. The zero-order valence-corrected chi connectivity index (χ0v) is 17.7. The number of ether oxygens (including phenoxy) is 2. The Bertz CT molecular complexity index is 1030. The van der Waals surface area contributed by atoms with E-state index in [1.165, 1.54) is 4.90 Å². The number of hydrogen-bond donors (Lipinski definition) is 0. The largest absolute Gasteiger partial charge is 0.482 e. The molecule has 2 aliphatic carbocycles. The maximum Gasteiger partial charge on any atom is 0.349 e. The summed E-state index contributed by atoms with van der Waals surface area (Å²) in [6.45, 7) is 3.78. The average Bonchev–Trinajstić information content (AvgIpc) is 3.44. The molecular weight excluding hydrogens is 394 g/mol. The Morgan fingerprint density at radius 2 is 1.52 bits per heavy atom. The fourth-order valence-electron chi connectivity index (χ4n) is 5.43. The van der Waals surface area contributed by atoms with E-state index in [-0.39, 0.29) is 30.3 Å². The van der Waals surface area contributed by atoms with E-state index in [2.05, 4.69) is 0 Å². The van der Waals surface area contributed by atoms with E-state index in [0.29, 0.717) is 29.0 Å². The van der Waals surface area contributed by atoms with Gasteiger partial charge in [0.15, 0.2) is 6.61 Å². The van der Waals surface area contributed by atoms with Crippen LogP contribution in [0.5, 0.6) is 11.5 Å². The van der Waals surface area contributed by atoms with Crippen LogP contribution in [-0.2, 0) is 14.4 Å². The third-order valence-electron chi connectivity index (χ3n) is 7.09. The van der Waals surface area contributed by atoms with Crippen molar-refractivity contribution in [1.29, 1.82) is 0 Å². The van der Waals surface area contributed by atoms with Gasteiger partial charge in [0.25, 0.3) is 0 Å². The summed E-state index contributed by atoms with van der Waals surface area (Å²) in [5.74, 6) is 0.700. The van der Waals surface area contributed by atoms with Crippen LogP contribution in [0.1, 0.15) is 30.4 Å². The van der Waals surface area contributed by atoms with E-state index in [0.717, 1.165) is 30.4 Å². The number of fused-ring (bicyclic) bond motifs is 5. The number of rotatable bonds is 5. The topological polar surface area (TPSA) is 72.9 Å². The molecule has 5 rings (SSSR count). The van der Waals surface area contributed by atoms with Crippen LogP contribution >= 0.6 is 0 Å². The molecule has 0 N–H and O–H groups in total. The highest BCUT2D eigenvalue weighted by molar-refractivity contribution is 6.22.